The van der Waals surface area contributed by atoms with E-state index in [4.69, 9.17) is 19.5 Å². The van der Waals surface area contributed by atoms with E-state index >= 15 is 0 Å². The van der Waals surface area contributed by atoms with Gasteiger partial charge in [-0.3, -0.25) is 0 Å². The fourth-order valence-corrected chi connectivity index (χ4v) is 2.99. The third kappa shape index (κ3) is 7.22. The van der Waals surface area contributed by atoms with E-state index in [1.165, 1.54) is 37.1 Å². The molecule has 0 unspecified atom stereocenters. The number of unbranched alkanes of at least 4 members (excludes halogenated alkanes) is 3. The number of nitriles is 1. The van der Waals surface area contributed by atoms with Crippen LogP contribution in [0.15, 0.2) is 72.8 Å². The van der Waals surface area contributed by atoms with Crippen molar-refractivity contribution >= 4 is 11.9 Å². The number of hydrogen-bond donors (Lipinski definition) is 0. The number of carbonyl (C=O) groups is 2. The Kier molecular flexibility index (Phi) is 8.61. The van der Waals surface area contributed by atoms with E-state index in [0.717, 1.165) is 12.8 Å². The number of nitrogens with zero attached hydrogens (tertiary/aromatic N) is 1. The highest BCUT2D eigenvalue weighted by Gasteiger charge is 2.12. The number of hydrogen-bond acceptors (Lipinski definition) is 6. The van der Waals surface area contributed by atoms with Gasteiger partial charge < -0.3 is 14.2 Å². The summed E-state index contributed by atoms with van der Waals surface area (Å²) in [6, 6.07) is 21.1. The molecule has 0 radical (unpaired) electrons. The Morgan fingerprint density at radius 1 is 0.697 bits per heavy atom. The standard InChI is InChI=1S/C27H25NO5/c1-2-3-4-5-18-31-23-14-8-21(9-15-23)26(29)33-25-16-10-22(11-17-25)27(30)32-24-12-6-20(19-28)7-13-24/h6-17H,2-5,18H2,1H3. The molecular formula is C27H25NO5. The summed E-state index contributed by atoms with van der Waals surface area (Å²) >= 11 is 0. The van der Waals surface area contributed by atoms with Crippen LogP contribution in [0.2, 0.25) is 0 Å². The molecular weight excluding hydrogens is 418 g/mol. The SMILES string of the molecule is CCCCCCOc1ccc(C(=O)Oc2ccc(C(=O)Oc3ccc(C#N)cc3)cc2)cc1. The molecule has 0 saturated carbocycles. The normalized spacial score (nSPS) is 10.2. The Morgan fingerprint density at radius 3 is 1.67 bits per heavy atom. The fourth-order valence-electron chi connectivity index (χ4n) is 2.99. The molecule has 168 valence electrons. The first-order valence-corrected chi connectivity index (χ1v) is 10.9. The molecule has 3 rings (SSSR count). The van der Waals surface area contributed by atoms with Crippen molar-refractivity contribution in [3.63, 3.8) is 0 Å². The van der Waals surface area contributed by atoms with Crippen molar-refractivity contribution < 1.29 is 23.8 Å². The Bertz CT molecular complexity index is 1100. The van der Waals surface area contributed by atoms with Gasteiger partial charge in [0.1, 0.15) is 17.2 Å². The van der Waals surface area contributed by atoms with Crippen LogP contribution in [0.4, 0.5) is 0 Å². The molecule has 0 aliphatic carbocycles. The molecule has 0 aliphatic rings. The fraction of sp³-hybridized carbons (Fsp3) is 0.222. The lowest BCUT2D eigenvalue weighted by atomic mass is 10.2. The Morgan fingerprint density at radius 2 is 1.18 bits per heavy atom. The number of benzene rings is 3. The molecule has 0 N–H and O–H groups in total. The van der Waals surface area contributed by atoms with E-state index in [0.29, 0.717) is 40.5 Å². The van der Waals surface area contributed by atoms with Crippen molar-refractivity contribution in [2.24, 2.45) is 0 Å². The zero-order valence-corrected chi connectivity index (χ0v) is 18.5. The van der Waals surface area contributed by atoms with E-state index in [-0.39, 0.29) is 0 Å². The van der Waals surface area contributed by atoms with E-state index in [1.807, 2.05) is 6.07 Å². The topological polar surface area (TPSA) is 85.6 Å². The lowest BCUT2D eigenvalue weighted by Crippen LogP contribution is -2.10. The largest absolute Gasteiger partial charge is 0.494 e. The predicted molar refractivity (Wildman–Crippen MR) is 124 cm³/mol. The highest BCUT2D eigenvalue weighted by atomic mass is 16.5. The minimum Gasteiger partial charge on any atom is -0.494 e. The lowest BCUT2D eigenvalue weighted by Gasteiger charge is -2.08. The zero-order chi connectivity index (χ0) is 23.5. The van der Waals surface area contributed by atoms with Crippen LogP contribution in [-0.2, 0) is 0 Å². The summed E-state index contributed by atoms with van der Waals surface area (Å²) in [6.07, 6.45) is 4.54. The maximum absolute atomic E-state index is 12.4. The molecule has 0 atom stereocenters. The third-order valence-electron chi connectivity index (χ3n) is 4.85. The van der Waals surface area contributed by atoms with Gasteiger partial charge in [0.25, 0.3) is 0 Å². The average molecular weight is 443 g/mol. The maximum atomic E-state index is 12.4. The smallest absolute Gasteiger partial charge is 0.343 e. The van der Waals surface area contributed by atoms with Crippen molar-refractivity contribution in [1.82, 2.24) is 0 Å². The van der Waals surface area contributed by atoms with Crippen LogP contribution in [0.25, 0.3) is 0 Å². The van der Waals surface area contributed by atoms with Crippen LogP contribution in [-0.4, -0.2) is 18.5 Å². The molecule has 0 amide bonds. The van der Waals surface area contributed by atoms with E-state index in [9.17, 15) is 9.59 Å². The van der Waals surface area contributed by atoms with Crippen molar-refractivity contribution in [2.75, 3.05) is 6.61 Å². The minimum atomic E-state index is -0.553. The number of ether oxygens (including phenoxy) is 3. The summed E-state index contributed by atoms with van der Waals surface area (Å²) in [6.45, 7) is 2.82. The highest BCUT2D eigenvalue weighted by molar-refractivity contribution is 5.92. The van der Waals surface area contributed by atoms with Gasteiger partial charge in [0.15, 0.2) is 0 Å². The summed E-state index contributed by atoms with van der Waals surface area (Å²) < 4.78 is 16.3. The van der Waals surface area contributed by atoms with Crippen molar-refractivity contribution in [1.29, 1.82) is 5.26 Å². The highest BCUT2D eigenvalue weighted by Crippen LogP contribution is 2.19. The summed E-state index contributed by atoms with van der Waals surface area (Å²) in [5, 5.41) is 8.82. The van der Waals surface area contributed by atoms with Crippen LogP contribution in [0.1, 0.15) is 58.9 Å². The van der Waals surface area contributed by atoms with Gasteiger partial charge in [0, 0.05) is 0 Å². The first-order chi connectivity index (χ1) is 16.1. The first kappa shape index (κ1) is 23.6. The summed E-state index contributed by atoms with van der Waals surface area (Å²) in [4.78, 5) is 24.7. The summed E-state index contributed by atoms with van der Waals surface area (Å²) in [5.74, 6) is 0.308. The van der Waals surface area contributed by atoms with Gasteiger partial charge in [0.2, 0.25) is 0 Å². The van der Waals surface area contributed by atoms with Crippen LogP contribution in [0.5, 0.6) is 17.2 Å². The number of esters is 2. The molecule has 33 heavy (non-hydrogen) atoms. The number of rotatable bonds is 10. The number of carbonyl (C=O) groups excluding carboxylic acids is 2. The van der Waals surface area contributed by atoms with Gasteiger partial charge in [-0.1, -0.05) is 26.2 Å². The third-order valence-corrected chi connectivity index (χ3v) is 4.85. The van der Waals surface area contributed by atoms with Crippen molar-refractivity contribution in [2.45, 2.75) is 32.6 Å². The molecule has 0 fully saturated rings. The Balaban J connectivity index is 1.51. The Hall–Kier alpha value is -4.11. The summed E-state index contributed by atoms with van der Waals surface area (Å²) in [7, 11) is 0. The van der Waals surface area contributed by atoms with Crippen molar-refractivity contribution in [3.05, 3.63) is 89.5 Å². The molecule has 3 aromatic carbocycles. The molecule has 0 saturated heterocycles. The maximum Gasteiger partial charge on any atom is 0.343 e. The second-order valence-corrected chi connectivity index (χ2v) is 7.37. The lowest BCUT2D eigenvalue weighted by molar-refractivity contribution is 0.0730. The van der Waals surface area contributed by atoms with Crippen LogP contribution >= 0.6 is 0 Å². The molecule has 3 aromatic rings. The predicted octanol–water partition coefficient (Wildman–Crippen LogP) is 5.96. The molecule has 0 aromatic heterocycles. The quantitative estimate of drug-likeness (QED) is 0.218. The van der Waals surface area contributed by atoms with Crippen LogP contribution in [0.3, 0.4) is 0 Å². The van der Waals surface area contributed by atoms with E-state index < -0.39 is 11.9 Å². The minimum absolute atomic E-state index is 0.305. The van der Waals surface area contributed by atoms with Crippen LogP contribution < -0.4 is 14.2 Å². The van der Waals surface area contributed by atoms with Gasteiger partial charge in [-0.05, 0) is 79.2 Å². The van der Waals surface area contributed by atoms with Gasteiger partial charge in [-0.2, -0.15) is 5.26 Å². The second-order valence-electron chi connectivity index (χ2n) is 7.37. The van der Waals surface area contributed by atoms with Crippen LogP contribution in [0, 0.1) is 11.3 Å². The van der Waals surface area contributed by atoms with E-state index in [1.54, 1.807) is 48.5 Å². The zero-order valence-electron chi connectivity index (χ0n) is 18.5. The Labute approximate surface area is 193 Å². The monoisotopic (exact) mass is 443 g/mol. The van der Waals surface area contributed by atoms with Gasteiger partial charge in [-0.25, -0.2) is 9.59 Å². The summed E-state index contributed by atoms with van der Waals surface area (Å²) in [5.41, 5.74) is 1.18. The van der Waals surface area contributed by atoms with Gasteiger partial charge in [-0.15, -0.1) is 0 Å². The van der Waals surface area contributed by atoms with Gasteiger partial charge in [0.05, 0.1) is 29.4 Å². The van der Waals surface area contributed by atoms with Crippen molar-refractivity contribution in [3.8, 4) is 23.3 Å². The average Bonchev–Trinajstić information content (AvgIpc) is 2.85. The molecule has 0 aliphatic heterocycles. The molecule has 6 nitrogen and oxygen atoms in total. The first-order valence-electron chi connectivity index (χ1n) is 10.9. The van der Waals surface area contributed by atoms with Gasteiger partial charge >= 0.3 is 11.9 Å². The molecule has 0 bridgehead atoms. The molecule has 0 heterocycles. The van der Waals surface area contributed by atoms with E-state index in [2.05, 4.69) is 6.92 Å². The molecule has 6 heteroatoms. The molecule has 0 spiro atoms. The second kappa shape index (κ2) is 12.1.